The van der Waals surface area contributed by atoms with Crippen LogP contribution in [0.5, 0.6) is 0 Å². The molecule has 174 valence electrons. The zero-order chi connectivity index (χ0) is 23.5. The van der Waals surface area contributed by atoms with E-state index < -0.39 is 35.6 Å². The summed E-state index contributed by atoms with van der Waals surface area (Å²) in [6.45, 7) is 0.0252. The lowest BCUT2D eigenvalue weighted by Crippen LogP contribution is -2.79. The molecule has 1 fully saturated rings. The molecule has 0 heterocycles. The van der Waals surface area contributed by atoms with Crippen molar-refractivity contribution in [1.82, 2.24) is 0 Å². The molecule has 33 heavy (non-hydrogen) atoms. The zero-order valence-electron chi connectivity index (χ0n) is 18.2. The largest absolute Gasteiger partial charge is 0.387 e. The van der Waals surface area contributed by atoms with Crippen LogP contribution < -0.4 is 0 Å². The number of rotatable bonds is 7. The summed E-state index contributed by atoms with van der Waals surface area (Å²) >= 11 is 0. The molecule has 6 atom stereocenters. The molecule has 0 amide bonds. The van der Waals surface area contributed by atoms with Gasteiger partial charge in [0, 0.05) is 12.8 Å². The van der Waals surface area contributed by atoms with Crippen LogP contribution in [0.2, 0.25) is 0 Å². The Morgan fingerprint density at radius 3 is 1.52 bits per heavy atom. The maximum Gasteiger partial charge on any atom is 0.133 e. The zero-order valence-corrected chi connectivity index (χ0v) is 18.2. The second-order valence-corrected chi connectivity index (χ2v) is 8.78. The lowest BCUT2D eigenvalue weighted by atomic mass is 9.61. The van der Waals surface area contributed by atoms with Crippen molar-refractivity contribution in [2.75, 3.05) is 0 Å². The predicted molar refractivity (Wildman–Crippen MR) is 123 cm³/mol. The first kappa shape index (κ1) is 23.6. The van der Waals surface area contributed by atoms with Crippen LogP contribution in [-0.2, 0) is 24.2 Å². The van der Waals surface area contributed by atoms with Crippen molar-refractivity contribution >= 4 is 0 Å². The molecular weight excluding hydrogens is 420 g/mol. The van der Waals surface area contributed by atoms with Gasteiger partial charge in [-0.05, 0) is 16.7 Å². The van der Waals surface area contributed by atoms with E-state index in [2.05, 4.69) is 0 Å². The summed E-state index contributed by atoms with van der Waals surface area (Å²) in [6, 6.07) is 27.5. The van der Waals surface area contributed by atoms with Gasteiger partial charge in [-0.1, -0.05) is 91.0 Å². The Morgan fingerprint density at radius 2 is 1.00 bits per heavy atom. The van der Waals surface area contributed by atoms with Crippen molar-refractivity contribution in [3.05, 3.63) is 108 Å². The fourth-order valence-corrected chi connectivity index (χ4v) is 4.80. The summed E-state index contributed by atoms with van der Waals surface area (Å²) in [7, 11) is 0. The average molecular weight is 451 g/mol. The Kier molecular flexibility index (Phi) is 6.95. The minimum absolute atomic E-state index is 0.00597. The van der Waals surface area contributed by atoms with Gasteiger partial charge in [0.05, 0.1) is 6.61 Å². The van der Waals surface area contributed by atoms with Crippen LogP contribution in [0.25, 0.3) is 0 Å². The maximum absolute atomic E-state index is 12.1. The SMILES string of the molecule is OC1C(O)C(O)C(Cc2ccccc2)(OCc2ccccc2)C(O)(Cc2ccccc2)C1O. The van der Waals surface area contributed by atoms with Crippen molar-refractivity contribution in [3.8, 4) is 0 Å². The number of aliphatic hydroxyl groups is 5. The number of hydrogen-bond acceptors (Lipinski definition) is 6. The average Bonchev–Trinajstić information content (AvgIpc) is 2.85. The second-order valence-electron chi connectivity index (χ2n) is 8.78. The molecule has 1 aliphatic carbocycles. The van der Waals surface area contributed by atoms with Crippen LogP contribution in [0.15, 0.2) is 91.0 Å². The van der Waals surface area contributed by atoms with Gasteiger partial charge in [0.25, 0.3) is 0 Å². The van der Waals surface area contributed by atoms with E-state index in [0.29, 0.717) is 5.56 Å². The molecule has 1 saturated carbocycles. The third-order valence-corrected chi connectivity index (χ3v) is 6.66. The number of ether oxygens (including phenoxy) is 1. The van der Waals surface area contributed by atoms with Gasteiger partial charge in [-0.2, -0.15) is 0 Å². The van der Waals surface area contributed by atoms with Gasteiger partial charge >= 0.3 is 0 Å². The molecule has 0 saturated heterocycles. The van der Waals surface area contributed by atoms with Crippen LogP contribution >= 0.6 is 0 Å². The molecule has 0 bridgehead atoms. The standard InChI is InChI=1S/C27H30O6/c28-22-23(29)25(31)27(17-20-12-6-2-7-13-20,33-18-21-14-8-3-9-15-21)26(32,24(22)30)16-19-10-4-1-5-11-19/h1-15,22-25,28-32H,16-18H2. The lowest BCUT2D eigenvalue weighted by molar-refractivity contribution is -0.328. The Hall–Kier alpha value is -2.58. The fourth-order valence-electron chi connectivity index (χ4n) is 4.80. The van der Waals surface area contributed by atoms with E-state index in [-0.39, 0.29) is 19.4 Å². The predicted octanol–water partition coefficient (Wildman–Crippen LogP) is 1.62. The molecule has 3 aromatic rings. The van der Waals surface area contributed by atoms with E-state index in [1.165, 1.54) is 0 Å². The Balaban J connectivity index is 1.83. The third-order valence-electron chi connectivity index (χ3n) is 6.66. The van der Waals surface area contributed by atoms with Crippen LogP contribution in [0, 0.1) is 0 Å². The number of hydrogen-bond donors (Lipinski definition) is 5. The molecule has 0 spiro atoms. The van der Waals surface area contributed by atoms with Crippen molar-refractivity contribution in [3.63, 3.8) is 0 Å². The lowest BCUT2D eigenvalue weighted by Gasteiger charge is -2.57. The first-order valence-electron chi connectivity index (χ1n) is 11.1. The first-order chi connectivity index (χ1) is 15.9. The van der Waals surface area contributed by atoms with Crippen LogP contribution in [0.1, 0.15) is 16.7 Å². The van der Waals surface area contributed by atoms with Gasteiger partial charge in [-0.3, -0.25) is 0 Å². The molecular formula is C27H30O6. The summed E-state index contributed by atoms with van der Waals surface area (Å²) in [5.41, 5.74) is -1.70. The molecule has 6 unspecified atom stereocenters. The van der Waals surface area contributed by atoms with Crippen LogP contribution in [-0.4, -0.2) is 61.2 Å². The van der Waals surface area contributed by atoms with Gasteiger partial charge in [0.2, 0.25) is 0 Å². The van der Waals surface area contributed by atoms with Crippen LogP contribution in [0.3, 0.4) is 0 Å². The van der Waals surface area contributed by atoms with Gasteiger partial charge in [-0.15, -0.1) is 0 Å². The molecule has 3 aromatic carbocycles. The van der Waals surface area contributed by atoms with E-state index in [4.69, 9.17) is 4.74 Å². The maximum atomic E-state index is 12.1. The fraction of sp³-hybridized carbons (Fsp3) is 0.333. The van der Waals surface area contributed by atoms with Crippen molar-refractivity contribution in [1.29, 1.82) is 0 Å². The Morgan fingerprint density at radius 1 is 0.576 bits per heavy atom. The highest BCUT2D eigenvalue weighted by Crippen LogP contribution is 2.45. The molecule has 1 aliphatic rings. The van der Waals surface area contributed by atoms with Gasteiger partial charge in [-0.25, -0.2) is 0 Å². The summed E-state index contributed by atoms with van der Waals surface area (Å²) in [5, 5.41) is 55.7. The van der Waals surface area contributed by atoms with Gasteiger partial charge in [0.1, 0.15) is 35.6 Å². The minimum atomic E-state index is -2.11. The summed E-state index contributed by atoms with van der Waals surface area (Å²) in [4.78, 5) is 0. The second kappa shape index (κ2) is 9.73. The molecule has 6 heteroatoms. The smallest absolute Gasteiger partial charge is 0.133 e. The molecule has 0 radical (unpaired) electrons. The molecule has 5 N–H and O–H groups in total. The Bertz CT molecular complexity index is 1010. The highest BCUT2D eigenvalue weighted by Gasteiger charge is 2.67. The highest BCUT2D eigenvalue weighted by atomic mass is 16.5. The van der Waals surface area contributed by atoms with E-state index in [9.17, 15) is 25.5 Å². The third kappa shape index (κ3) is 4.46. The van der Waals surface area contributed by atoms with E-state index in [1.807, 2.05) is 66.7 Å². The quantitative estimate of drug-likeness (QED) is 0.374. The summed E-state index contributed by atoms with van der Waals surface area (Å²) < 4.78 is 6.32. The summed E-state index contributed by atoms with van der Waals surface area (Å²) in [6.07, 6.45) is -7.00. The van der Waals surface area contributed by atoms with Gasteiger partial charge in [0.15, 0.2) is 0 Å². The molecule has 0 aliphatic heterocycles. The van der Waals surface area contributed by atoms with Gasteiger partial charge < -0.3 is 30.3 Å². The summed E-state index contributed by atoms with van der Waals surface area (Å²) in [5.74, 6) is 0. The Labute approximate surface area is 193 Å². The van der Waals surface area contributed by atoms with E-state index in [0.717, 1.165) is 11.1 Å². The minimum Gasteiger partial charge on any atom is -0.387 e. The molecule has 4 rings (SSSR count). The van der Waals surface area contributed by atoms with Crippen molar-refractivity contribution < 1.29 is 30.3 Å². The molecule has 0 aromatic heterocycles. The normalized spacial score (nSPS) is 31.9. The molecule has 6 nitrogen and oxygen atoms in total. The number of aliphatic hydroxyl groups excluding tert-OH is 4. The van der Waals surface area contributed by atoms with Crippen molar-refractivity contribution in [2.45, 2.75) is 55.1 Å². The monoisotopic (exact) mass is 450 g/mol. The van der Waals surface area contributed by atoms with E-state index in [1.54, 1.807) is 24.3 Å². The first-order valence-corrected chi connectivity index (χ1v) is 11.1. The number of benzene rings is 3. The van der Waals surface area contributed by atoms with Crippen LogP contribution in [0.4, 0.5) is 0 Å². The van der Waals surface area contributed by atoms with E-state index >= 15 is 0 Å². The topological polar surface area (TPSA) is 110 Å². The highest BCUT2D eigenvalue weighted by molar-refractivity contribution is 5.29. The van der Waals surface area contributed by atoms with Crippen molar-refractivity contribution in [2.24, 2.45) is 0 Å².